The molecule has 0 aromatic rings. The van der Waals surface area contributed by atoms with Crippen LogP contribution in [0.3, 0.4) is 0 Å². The molecule has 2 N–H and O–H groups in total. The van der Waals surface area contributed by atoms with E-state index in [0.29, 0.717) is 0 Å². The number of nitrogens with zero attached hydrogens (tertiary/aromatic N) is 1. The summed E-state index contributed by atoms with van der Waals surface area (Å²) in [6.07, 6.45) is 5.84. The van der Waals surface area contributed by atoms with Crippen LogP contribution in [0.15, 0.2) is 27.3 Å². The van der Waals surface area contributed by atoms with Crippen molar-refractivity contribution in [3.05, 3.63) is 22.3 Å². The van der Waals surface area contributed by atoms with E-state index < -0.39 is 0 Å². The average Bonchev–Trinajstić information content (AvgIpc) is 2.33. The van der Waals surface area contributed by atoms with Gasteiger partial charge in [0, 0.05) is 22.5 Å². The monoisotopic (exact) mass is 199 g/mol. The predicted octanol–water partition coefficient (Wildman–Crippen LogP) is 0.667. The van der Waals surface area contributed by atoms with E-state index in [9.17, 15) is 0 Å². The van der Waals surface area contributed by atoms with Gasteiger partial charge in [-0.2, -0.15) is 0 Å². The second kappa shape index (κ2) is 2.21. The lowest BCUT2D eigenvalue weighted by Crippen LogP contribution is -2.30. The van der Waals surface area contributed by atoms with E-state index in [0.717, 1.165) is 10.1 Å². The first-order chi connectivity index (χ1) is 4.86. The quantitative estimate of drug-likeness (QED) is 0.602. The molecule has 0 saturated carbocycles. The van der Waals surface area contributed by atoms with Crippen molar-refractivity contribution in [2.45, 2.75) is 6.17 Å². The maximum Gasteiger partial charge on any atom is 0.143 e. The molecule has 0 radical (unpaired) electrons. The molecule has 52 valence electrons. The highest BCUT2D eigenvalue weighted by molar-refractivity contribution is 9.12. The molecule has 1 unspecified atom stereocenters. The van der Waals surface area contributed by atoms with E-state index in [2.05, 4.69) is 31.8 Å². The van der Waals surface area contributed by atoms with E-state index in [4.69, 9.17) is 0 Å². The van der Waals surface area contributed by atoms with Crippen LogP contribution in [0.5, 0.6) is 0 Å². The fourth-order valence-electron chi connectivity index (χ4n) is 0.952. The Kier molecular flexibility index (Phi) is 1.35. The van der Waals surface area contributed by atoms with Gasteiger partial charge in [-0.1, -0.05) is 0 Å². The Morgan fingerprint density at radius 3 is 3.40 bits per heavy atom. The van der Waals surface area contributed by atoms with Crippen LogP contribution in [0.25, 0.3) is 0 Å². The van der Waals surface area contributed by atoms with Crippen LogP contribution in [0.4, 0.5) is 0 Å². The Hall–Kier alpha value is -0.610. The molecule has 2 heterocycles. The van der Waals surface area contributed by atoms with Gasteiger partial charge >= 0.3 is 0 Å². The molecule has 0 aliphatic carbocycles. The zero-order valence-corrected chi connectivity index (χ0v) is 6.72. The van der Waals surface area contributed by atoms with E-state index in [1.54, 1.807) is 6.21 Å². The second-order valence-electron chi connectivity index (χ2n) is 2.14. The molecule has 2 aliphatic rings. The smallest absolute Gasteiger partial charge is 0.143 e. The first kappa shape index (κ1) is 6.12. The van der Waals surface area contributed by atoms with Crippen molar-refractivity contribution in [3.63, 3.8) is 0 Å². The van der Waals surface area contributed by atoms with Crippen LogP contribution >= 0.6 is 15.9 Å². The Bertz CT molecular complexity index is 241. The fourth-order valence-corrected chi connectivity index (χ4v) is 1.33. The van der Waals surface area contributed by atoms with E-state index in [-0.39, 0.29) is 6.17 Å². The molecule has 10 heavy (non-hydrogen) atoms. The summed E-state index contributed by atoms with van der Waals surface area (Å²) in [5.41, 5.74) is 7.03. The second-order valence-corrected chi connectivity index (χ2v) is 3.06. The summed E-state index contributed by atoms with van der Waals surface area (Å²) in [6, 6.07) is 0. The van der Waals surface area contributed by atoms with Gasteiger partial charge in [0.05, 0.1) is 0 Å². The van der Waals surface area contributed by atoms with Crippen LogP contribution in [0, 0.1) is 0 Å². The van der Waals surface area contributed by atoms with Crippen molar-refractivity contribution >= 4 is 22.1 Å². The number of nitrogens with one attached hydrogen (secondary N) is 2. The van der Waals surface area contributed by atoms with Gasteiger partial charge in [-0.15, -0.1) is 0 Å². The summed E-state index contributed by atoms with van der Waals surface area (Å²) >= 11 is 3.34. The Morgan fingerprint density at radius 1 is 1.60 bits per heavy atom. The van der Waals surface area contributed by atoms with Gasteiger partial charge in [-0.05, 0) is 22.0 Å². The molecule has 4 heteroatoms. The molecule has 2 rings (SSSR count). The van der Waals surface area contributed by atoms with Crippen LogP contribution < -0.4 is 10.9 Å². The van der Waals surface area contributed by atoms with Gasteiger partial charge in [-0.25, -0.2) is 5.43 Å². The fraction of sp³-hybridized carbons (Fsp3) is 0.167. The average molecular weight is 200 g/mol. The zero-order chi connectivity index (χ0) is 6.97. The van der Waals surface area contributed by atoms with Crippen molar-refractivity contribution in [1.82, 2.24) is 10.9 Å². The minimum Gasteiger partial charge on any atom is -0.326 e. The molecular formula is C6H6BrN3. The van der Waals surface area contributed by atoms with Crippen molar-refractivity contribution < 1.29 is 0 Å². The van der Waals surface area contributed by atoms with Crippen molar-refractivity contribution in [2.24, 2.45) is 4.99 Å². The Balaban J connectivity index is 2.34. The van der Waals surface area contributed by atoms with Crippen molar-refractivity contribution in [1.29, 1.82) is 0 Å². The van der Waals surface area contributed by atoms with Crippen LogP contribution in [0.1, 0.15) is 0 Å². The summed E-state index contributed by atoms with van der Waals surface area (Å²) in [5, 5.41) is 0. The lowest BCUT2D eigenvalue weighted by molar-refractivity contribution is 0.596. The number of halogens is 1. The number of hydrogen-bond acceptors (Lipinski definition) is 3. The van der Waals surface area contributed by atoms with Gasteiger partial charge in [0.2, 0.25) is 0 Å². The Labute approximate surface area is 67.0 Å². The summed E-state index contributed by atoms with van der Waals surface area (Å²) in [5.74, 6) is 0. The van der Waals surface area contributed by atoms with E-state index in [1.807, 2.05) is 12.3 Å². The third-order valence-corrected chi connectivity index (χ3v) is 1.86. The molecule has 0 aromatic heterocycles. The summed E-state index contributed by atoms with van der Waals surface area (Å²) < 4.78 is 1.01. The Morgan fingerprint density at radius 2 is 2.50 bits per heavy atom. The standard InChI is InChI=1S/C6H6BrN3/c7-5-1-4-2-9-10-6(4)8-3-5/h1-3,6,9-10H. The number of hydrogen-bond donors (Lipinski definition) is 2. The van der Waals surface area contributed by atoms with Crippen molar-refractivity contribution in [3.8, 4) is 0 Å². The number of rotatable bonds is 0. The first-order valence-corrected chi connectivity index (χ1v) is 3.77. The molecule has 1 atom stereocenters. The highest BCUT2D eigenvalue weighted by Gasteiger charge is 2.17. The molecule has 0 aromatic carbocycles. The maximum atomic E-state index is 4.19. The van der Waals surface area contributed by atoms with Crippen LogP contribution in [0.2, 0.25) is 0 Å². The zero-order valence-electron chi connectivity index (χ0n) is 5.13. The molecule has 0 amide bonds. The normalized spacial score (nSPS) is 28.7. The number of hydrazine groups is 1. The van der Waals surface area contributed by atoms with E-state index in [1.165, 1.54) is 0 Å². The molecule has 0 spiro atoms. The largest absolute Gasteiger partial charge is 0.326 e. The third-order valence-electron chi connectivity index (χ3n) is 1.43. The molecule has 3 nitrogen and oxygen atoms in total. The topological polar surface area (TPSA) is 36.4 Å². The molecular weight excluding hydrogens is 194 g/mol. The lowest BCUT2D eigenvalue weighted by Gasteiger charge is -2.09. The summed E-state index contributed by atoms with van der Waals surface area (Å²) in [4.78, 5) is 4.19. The predicted molar refractivity (Wildman–Crippen MR) is 43.6 cm³/mol. The number of aliphatic imine (C=N–C) groups is 1. The molecule has 0 fully saturated rings. The van der Waals surface area contributed by atoms with Gasteiger partial charge in [0.15, 0.2) is 0 Å². The number of dihydropyridines is 1. The summed E-state index contributed by atoms with van der Waals surface area (Å²) in [6.45, 7) is 0. The minimum absolute atomic E-state index is 0.112. The van der Waals surface area contributed by atoms with Crippen LogP contribution in [-0.4, -0.2) is 12.4 Å². The highest BCUT2D eigenvalue weighted by Crippen LogP contribution is 2.18. The first-order valence-electron chi connectivity index (χ1n) is 2.98. The third kappa shape index (κ3) is 0.892. The van der Waals surface area contributed by atoms with Gasteiger partial charge in [0.25, 0.3) is 0 Å². The number of allylic oxidation sites excluding steroid dienone is 1. The minimum atomic E-state index is 0.112. The van der Waals surface area contributed by atoms with Crippen molar-refractivity contribution in [2.75, 3.05) is 0 Å². The van der Waals surface area contributed by atoms with Gasteiger partial charge in [-0.3, -0.25) is 4.99 Å². The highest BCUT2D eigenvalue weighted by atomic mass is 79.9. The van der Waals surface area contributed by atoms with Gasteiger partial charge in [0.1, 0.15) is 6.17 Å². The molecule has 0 saturated heterocycles. The molecule has 2 aliphatic heterocycles. The lowest BCUT2D eigenvalue weighted by atomic mass is 10.2. The SMILES string of the molecule is BrC1=CC2=CNNC2N=C1. The number of fused-ring (bicyclic) bond motifs is 1. The van der Waals surface area contributed by atoms with E-state index >= 15 is 0 Å². The van der Waals surface area contributed by atoms with Gasteiger partial charge < -0.3 is 5.43 Å². The molecule has 0 bridgehead atoms. The van der Waals surface area contributed by atoms with Crippen LogP contribution in [-0.2, 0) is 0 Å². The maximum absolute atomic E-state index is 4.19. The summed E-state index contributed by atoms with van der Waals surface area (Å²) in [7, 11) is 0.